The summed E-state index contributed by atoms with van der Waals surface area (Å²) in [5.41, 5.74) is 2.17. The Labute approximate surface area is 170 Å². The molecule has 1 fully saturated rings. The zero-order chi connectivity index (χ0) is 20.0. The Morgan fingerprint density at radius 2 is 1.71 bits per heavy atom. The standard InChI is InChI=1S/C21H25N3O3S/c1-2-27-19(25)21(16-6-4-3-5-7-16)12-14-24(15-13-21)18-10-8-17(9-11-18)22-20(26)23-28/h3-11,28H,2,12-15H2,1H3,(H2,22,23,26). The zero-order valence-corrected chi connectivity index (χ0v) is 16.7. The van der Waals surface area contributed by atoms with Crippen LogP contribution < -0.4 is 14.9 Å². The van der Waals surface area contributed by atoms with E-state index in [4.69, 9.17) is 4.74 Å². The van der Waals surface area contributed by atoms with Crippen LogP contribution in [-0.4, -0.2) is 31.7 Å². The summed E-state index contributed by atoms with van der Waals surface area (Å²) in [5, 5.41) is 2.68. The first kappa shape index (κ1) is 20.1. The highest BCUT2D eigenvalue weighted by molar-refractivity contribution is 7.78. The smallest absolute Gasteiger partial charge is 0.329 e. The average Bonchev–Trinajstić information content (AvgIpc) is 2.75. The Morgan fingerprint density at radius 3 is 2.29 bits per heavy atom. The molecule has 0 spiro atoms. The average molecular weight is 400 g/mol. The van der Waals surface area contributed by atoms with Crippen LogP contribution in [0.3, 0.4) is 0 Å². The molecule has 0 radical (unpaired) electrons. The van der Waals surface area contributed by atoms with Gasteiger partial charge in [0.25, 0.3) is 0 Å². The fourth-order valence-corrected chi connectivity index (χ4v) is 3.75. The monoisotopic (exact) mass is 399 g/mol. The van der Waals surface area contributed by atoms with Crippen molar-refractivity contribution in [2.75, 3.05) is 29.9 Å². The van der Waals surface area contributed by atoms with Gasteiger partial charge in [-0.3, -0.25) is 9.52 Å². The summed E-state index contributed by atoms with van der Waals surface area (Å²) in [7, 11) is 0. The summed E-state index contributed by atoms with van der Waals surface area (Å²) >= 11 is 3.72. The van der Waals surface area contributed by atoms with Crippen molar-refractivity contribution in [3.05, 3.63) is 60.2 Å². The molecule has 1 aliphatic rings. The molecule has 148 valence electrons. The number of esters is 1. The minimum atomic E-state index is -0.597. The molecule has 1 heterocycles. The first-order valence-corrected chi connectivity index (χ1v) is 9.82. The molecule has 0 atom stereocenters. The van der Waals surface area contributed by atoms with Crippen LogP contribution in [0.2, 0.25) is 0 Å². The Bertz CT molecular complexity index is 803. The molecule has 0 unspecified atom stereocenters. The van der Waals surface area contributed by atoms with E-state index >= 15 is 0 Å². The summed E-state index contributed by atoms with van der Waals surface area (Å²) in [5.74, 6) is -0.141. The van der Waals surface area contributed by atoms with Crippen LogP contribution in [0.1, 0.15) is 25.3 Å². The van der Waals surface area contributed by atoms with Crippen molar-refractivity contribution in [2.45, 2.75) is 25.2 Å². The third-order valence-electron chi connectivity index (χ3n) is 5.20. The Balaban J connectivity index is 1.73. The number of nitrogens with one attached hydrogen (secondary N) is 2. The summed E-state index contributed by atoms with van der Waals surface area (Å²) in [4.78, 5) is 26.4. The molecule has 2 amide bonds. The summed E-state index contributed by atoms with van der Waals surface area (Å²) in [6, 6.07) is 17.2. The van der Waals surface area contributed by atoms with Crippen molar-refractivity contribution >= 4 is 36.2 Å². The number of piperidine rings is 1. The molecule has 6 nitrogen and oxygen atoms in total. The minimum Gasteiger partial charge on any atom is -0.465 e. The number of thiol groups is 1. The molecule has 0 aromatic heterocycles. The van der Waals surface area contributed by atoms with Gasteiger partial charge in [-0.15, -0.1) is 0 Å². The van der Waals surface area contributed by atoms with E-state index in [9.17, 15) is 9.59 Å². The first-order chi connectivity index (χ1) is 13.6. The predicted molar refractivity (Wildman–Crippen MR) is 114 cm³/mol. The van der Waals surface area contributed by atoms with E-state index in [1.807, 2.05) is 61.5 Å². The number of hydrogen-bond acceptors (Lipinski definition) is 5. The van der Waals surface area contributed by atoms with Crippen LogP contribution in [0, 0.1) is 0 Å². The highest BCUT2D eigenvalue weighted by atomic mass is 32.1. The number of amides is 2. The molecule has 0 bridgehead atoms. The maximum Gasteiger partial charge on any atom is 0.329 e. The normalized spacial score (nSPS) is 15.6. The number of nitrogens with zero attached hydrogens (tertiary/aromatic N) is 1. The lowest BCUT2D eigenvalue weighted by Crippen LogP contribution is -2.48. The maximum atomic E-state index is 12.8. The van der Waals surface area contributed by atoms with Crippen LogP contribution in [0.25, 0.3) is 0 Å². The minimum absolute atomic E-state index is 0.141. The lowest BCUT2D eigenvalue weighted by molar-refractivity contribution is -0.151. The predicted octanol–water partition coefficient (Wildman–Crippen LogP) is 3.75. The van der Waals surface area contributed by atoms with Crippen molar-refractivity contribution in [1.82, 2.24) is 4.72 Å². The van der Waals surface area contributed by atoms with Gasteiger partial charge in [-0.25, -0.2) is 4.79 Å². The van der Waals surface area contributed by atoms with Gasteiger partial charge in [0.2, 0.25) is 0 Å². The van der Waals surface area contributed by atoms with E-state index in [1.54, 1.807) is 0 Å². The molecule has 7 heteroatoms. The van der Waals surface area contributed by atoms with Gasteiger partial charge < -0.3 is 15.0 Å². The SMILES string of the molecule is CCOC(=O)C1(c2ccccc2)CCN(c2ccc(NC(=O)NS)cc2)CC1. The Morgan fingerprint density at radius 1 is 1.07 bits per heavy atom. The number of carbonyl (C=O) groups is 2. The number of hydrogen-bond donors (Lipinski definition) is 3. The highest BCUT2D eigenvalue weighted by Crippen LogP contribution is 2.38. The zero-order valence-electron chi connectivity index (χ0n) is 15.9. The van der Waals surface area contributed by atoms with Crippen LogP contribution in [0.5, 0.6) is 0 Å². The quantitative estimate of drug-likeness (QED) is 0.529. The number of benzene rings is 2. The fourth-order valence-electron chi connectivity index (χ4n) is 3.70. The Kier molecular flexibility index (Phi) is 6.46. The Hall–Kier alpha value is -2.67. The number of anilines is 2. The fraction of sp³-hybridized carbons (Fsp3) is 0.333. The summed E-state index contributed by atoms with van der Waals surface area (Å²) < 4.78 is 7.66. The van der Waals surface area contributed by atoms with Crippen molar-refractivity contribution in [3.8, 4) is 0 Å². The lowest BCUT2D eigenvalue weighted by Gasteiger charge is -2.41. The van der Waals surface area contributed by atoms with Gasteiger partial charge in [-0.2, -0.15) is 0 Å². The van der Waals surface area contributed by atoms with Crippen LogP contribution in [0.4, 0.5) is 16.2 Å². The lowest BCUT2D eigenvalue weighted by atomic mass is 9.72. The molecule has 0 aliphatic carbocycles. The number of rotatable bonds is 5. The highest BCUT2D eigenvalue weighted by Gasteiger charge is 2.44. The van der Waals surface area contributed by atoms with Crippen molar-refractivity contribution in [2.24, 2.45) is 0 Å². The van der Waals surface area contributed by atoms with E-state index in [0.29, 0.717) is 25.1 Å². The van der Waals surface area contributed by atoms with E-state index in [-0.39, 0.29) is 12.0 Å². The first-order valence-electron chi connectivity index (χ1n) is 9.38. The second kappa shape index (κ2) is 9.01. The molecule has 2 aromatic carbocycles. The largest absolute Gasteiger partial charge is 0.465 e. The molecule has 1 saturated heterocycles. The molecule has 2 aromatic rings. The van der Waals surface area contributed by atoms with Gasteiger partial charge in [-0.05, 0) is 49.6 Å². The molecular weight excluding hydrogens is 374 g/mol. The van der Waals surface area contributed by atoms with Gasteiger partial charge in [0, 0.05) is 24.5 Å². The van der Waals surface area contributed by atoms with Crippen molar-refractivity contribution in [3.63, 3.8) is 0 Å². The van der Waals surface area contributed by atoms with E-state index in [0.717, 1.165) is 24.3 Å². The van der Waals surface area contributed by atoms with Crippen LogP contribution in [0.15, 0.2) is 54.6 Å². The van der Waals surface area contributed by atoms with Crippen LogP contribution in [-0.2, 0) is 14.9 Å². The second-order valence-electron chi connectivity index (χ2n) is 6.77. The van der Waals surface area contributed by atoms with Gasteiger partial charge in [-0.1, -0.05) is 43.1 Å². The molecule has 28 heavy (non-hydrogen) atoms. The number of carbonyl (C=O) groups excluding carboxylic acids is 2. The molecule has 1 aliphatic heterocycles. The van der Waals surface area contributed by atoms with Gasteiger partial charge in [0.15, 0.2) is 0 Å². The summed E-state index contributed by atoms with van der Waals surface area (Å²) in [6.07, 6.45) is 1.38. The number of ether oxygens (including phenoxy) is 1. The number of urea groups is 1. The van der Waals surface area contributed by atoms with Gasteiger partial charge in [0.05, 0.1) is 12.0 Å². The van der Waals surface area contributed by atoms with E-state index in [2.05, 4.69) is 27.8 Å². The van der Waals surface area contributed by atoms with Crippen LogP contribution >= 0.6 is 12.8 Å². The molecule has 2 N–H and O–H groups in total. The molecule has 0 saturated carbocycles. The second-order valence-corrected chi connectivity index (χ2v) is 6.99. The summed E-state index contributed by atoms with van der Waals surface area (Å²) in [6.45, 7) is 3.72. The van der Waals surface area contributed by atoms with Crippen molar-refractivity contribution in [1.29, 1.82) is 0 Å². The third-order valence-corrected chi connectivity index (χ3v) is 5.40. The van der Waals surface area contributed by atoms with E-state index < -0.39 is 5.41 Å². The third kappa shape index (κ3) is 4.25. The van der Waals surface area contributed by atoms with Crippen molar-refractivity contribution < 1.29 is 14.3 Å². The van der Waals surface area contributed by atoms with E-state index in [1.165, 1.54) is 0 Å². The topological polar surface area (TPSA) is 70.7 Å². The molecular formula is C21H25N3O3S. The molecule has 3 rings (SSSR count). The van der Waals surface area contributed by atoms with Gasteiger partial charge >= 0.3 is 12.0 Å². The maximum absolute atomic E-state index is 12.8. The van der Waals surface area contributed by atoms with Gasteiger partial charge in [0.1, 0.15) is 0 Å².